The van der Waals surface area contributed by atoms with Crippen molar-refractivity contribution in [1.29, 1.82) is 0 Å². The van der Waals surface area contributed by atoms with Gasteiger partial charge < -0.3 is 19.7 Å². The molecule has 2 N–H and O–H groups in total. The number of carbonyl (C=O) groups is 3. The predicted molar refractivity (Wildman–Crippen MR) is 198 cm³/mol. The van der Waals surface area contributed by atoms with Crippen molar-refractivity contribution in [2.24, 2.45) is 12.5 Å². The van der Waals surface area contributed by atoms with E-state index >= 15 is 0 Å². The van der Waals surface area contributed by atoms with Crippen LogP contribution >= 0.6 is 15.9 Å². The lowest BCUT2D eigenvalue weighted by molar-refractivity contribution is -0.134. The molecule has 4 heterocycles. The molecule has 3 amide bonds. The van der Waals surface area contributed by atoms with Crippen LogP contribution in [0.15, 0.2) is 70.1 Å². The normalized spacial score (nSPS) is 24.6. The molecular weight excluding hydrogens is 694 g/mol. The van der Waals surface area contributed by atoms with E-state index in [2.05, 4.69) is 79.8 Å². The summed E-state index contributed by atoms with van der Waals surface area (Å²) in [5.74, 6) is 0.391. The number of anilines is 1. The predicted octanol–water partition coefficient (Wildman–Crippen LogP) is 6.15. The van der Waals surface area contributed by atoms with Gasteiger partial charge in [-0.15, -0.1) is 0 Å². The summed E-state index contributed by atoms with van der Waals surface area (Å²) in [7, 11) is 3.89. The largest absolute Gasteiger partial charge is 0.380 e. The van der Waals surface area contributed by atoms with E-state index in [1.807, 2.05) is 18.2 Å². The number of benzene rings is 2. The molecule has 1 aromatic heterocycles. The van der Waals surface area contributed by atoms with Crippen LogP contribution in [0.5, 0.6) is 0 Å². The molecule has 1 spiro atoms. The highest BCUT2D eigenvalue weighted by Crippen LogP contribution is 2.49. The van der Waals surface area contributed by atoms with Crippen molar-refractivity contribution in [2.45, 2.75) is 81.6 Å². The lowest BCUT2D eigenvalue weighted by Crippen LogP contribution is -2.44. The van der Waals surface area contributed by atoms with E-state index in [1.165, 1.54) is 24.0 Å². The number of hydrogen-bond donors (Lipinski definition) is 2. The Bertz CT molecular complexity index is 1790. The Morgan fingerprint density at radius 3 is 2.14 bits per heavy atom. The number of carbonyl (C=O) groups excluding carboxylic acids is 3. The Hall–Kier alpha value is -3.76. The number of imide groups is 1. The van der Waals surface area contributed by atoms with Gasteiger partial charge in [-0.3, -0.25) is 24.5 Å². The molecule has 3 saturated heterocycles. The van der Waals surface area contributed by atoms with E-state index in [9.17, 15) is 19.2 Å². The maximum absolute atomic E-state index is 13.6. The minimum atomic E-state index is -0.237. The third-order valence-electron chi connectivity index (χ3n) is 12.0. The number of nitrogens with zero attached hydrogens (tertiary/aromatic N) is 3. The second kappa shape index (κ2) is 14.5. The number of halogens is 1. The van der Waals surface area contributed by atoms with Gasteiger partial charge in [0.1, 0.15) is 4.47 Å². The smallest absolute Gasteiger partial charge is 0.266 e. The van der Waals surface area contributed by atoms with Crippen LogP contribution in [0, 0.1) is 5.41 Å². The zero-order valence-electron chi connectivity index (χ0n) is 29.1. The molecule has 264 valence electrons. The highest BCUT2D eigenvalue weighted by molar-refractivity contribution is 9.10. The van der Waals surface area contributed by atoms with Crippen molar-refractivity contribution in [3.63, 3.8) is 0 Å². The quantitative estimate of drug-likeness (QED) is 0.294. The maximum Gasteiger partial charge on any atom is 0.266 e. The molecule has 0 radical (unpaired) electrons. The van der Waals surface area contributed by atoms with Gasteiger partial charge >= 0.3 is 0 Å². The summed E-state index contributed by atoms with van der Waals surface area (Å²) < 4.78 is 2.12. The Kier molecular flexibility index (Phi) is 10.0. The van der Waals surface area contributed by atoms with Crippen LogP contribution in [-0.2, 0) is 16.6 Å². The van der Waals surface area contributed by atoms with E-state index in [1.54, 1.807) is 17.8 Å². The van der Waals surface area contributed by atoms with E-state index < -0.39 is 0 Å². The highest BCUT2D eigenvalue weighted by atomic mass is 79.9. The van der Waals surface area contributed by atoms with Gasteiger partial charge in [-0.05, 0) is 126 Å². The number of hydrogen-bond acceptors (Lipinski definition) is 6. The van der Waals surface area contributed by atoms with Gasteiger partial charge in [0.15, 0.2) is 0 Å². The molecule has 50 heavy (non-hydrogen) atoms. The first-order chi connectivity index (χ1) is 24.1. The van der Waals surface area contributed by atoms with Gasteiger partial charge in [0.05, 0.1) is 11.6 Å². The Morgan fingerprint density at radius 1 is 0.820 bits per heavy atom. The third-order valence-corrected chi connectivity index (χ3v) is 12.8. The number of rotatable bonds is 6. The molecule has 4 fully saturated rings. The number of pyridine rings is 1. The van der Waals surface area contributed by atoms with Crippen LogP contribution in [0.25, 0.3) is 0 Å². The van der Waals surface area contributed by atoms with Gasteiger partial charge in [-0.25, -0.2) is 0 Å². The summed E-state index contributed by atoms with van der Waals surface area (Å²) in [6.07, 6.45) is 10.5. The minimum Gasteiger partial charge on any atom is -0.380 e. The summed E-state index contributed by atoms with van der Waals surface area (Å²) in [4.78, 5) is 54.2. The summed E-state index contributed by atoms with van der Waals surface area (Å²) in [6, 6.07) is 18.9. The molecule has 7 rings (SSSR count). The Balaban J connectivity index is 0.901. The Morgan fingerprint density at radius 2 is 1.46 bits per heavy atom. The average molecular weight is 743 g/mol. The molecular formula is C40H48BrN5O4. The van der Waals surface area contributed by atoms with Crippen LogP contribution in [-0.4, -0.2) is 71.4 Å². The van der Waals surface area contributed by atoms with Gasteiger partial charge in [-0.1, -0.05) is 36.4 Å². The van der Waals surface area contributed by atoms with Crippen molar-refractivity contribution in [2.75, 3.05) is 38.5 Å². The molecule has 4 aliphatic rings. The summed E-state index contributed by atoms with van der Waals surface area (Å²) in [6.45, 7) is 3.47. The monoisotopic (exact) mass is 741 g/mol. The van der Waals surface area contributed by atoms with Crippen molar-refractivity contribution < 1.29 is 14.4 Å². The van der Waals surface area contributed by atoms with E-state index in [-0.39, 0.29) is 35.2 Å². The highest BCUT2D eigenvalue weighted by Gasteiger charge is 2.39. The van der Waals surface area contributed by atoms with Gasteiger partial charge in [0.2, 0.25) is 11.8 Å². The molecule has 3 aliphatic heterocycles. The first kappa shape index (κ1) is 34.7. The number of aryl methyl sites for hydroxylation is 1. The zero-order valence-corrected chi connectivity index (χ0v) is 30.7. The molecule has 10 heteroatoms. The van der Waals surface area contributed by atoms with Gasteiger partial charge in [0.25, 0.3) is 11.5 Å². The summed E-state index contributed by atoms with van der Waals surface area (Å²) in [5.41, 5.74) is 5.43. The number of nitrogens with one attached hydrogen (secondary N) is 2. The summed E-state index contributed by atoms with van der Waals surface area (Å²) >= 11 is 3.47. The number of aromatic nitrogens is 1. The third kappa shape index (κ3) is 7.33. The molecule has 9 nitrogen and oxygen atoms in total. The first-order valence-electron chi connectivity index (χ1n) is 18.2. The molecule has 1 aliphatic carbocycles. The van der Waals surface area contributed by atoms with E-state index in [0.29, 0.717) is 34.6 Å². The molecule has 3 atom stereocenters. The van der Waals surface area contributed by atoms with E-state index in [0.717, 1.165) is 75.1 Å². The molecule has 1 saturated carbocycles. The summed E-state index contributed by atoms with van der Waals surface area (Å²) in [5, 5.41) is 6.06. The minimum absolute atomic E-state index is 0.0556. The fourth-order valence-electron chi connectivity index (χ4n) is 8.93. The number of amides is 3. The van der Waals surface area contributed by atoms with Crippen molar-refractivity contribution in [1.82, 2.24) is 19.7 Å². The van der Waals surface area contributed by atoms with Gasteiger partial charge in [0, 0.05) is 57.4 Å². The fourth-order valence-corrected chi connectivity index (χ4v) is 9.46. The second-order valence-corrected chi connectivity index (χ2v) is 16.1. The second-order valence-electron chi connectivity index (χ2n) is 15.3. The zero-order chi connectivity index (χ0) is 35.0. The van der Waals surface area contributed by atoms with Crippen LogP contribution < -0.4 is 16.2 Å². The Labute approximate surface area is 302 Å². The van der Waals surface area contributed by atoms with Crippen LogP contribution in [0.3, 0.4) is 0 Å². The number of likely N-dealkylation sites (tertiary alicyclic amines) is 2. The number of likely N-dealkylation sites (N-methyl/N-ethyl adjacent to an activating group) is 1. The maximum atomic E-state index is 13.6. The van der Waals surface area contributed by atoms with Crippen molar-refractivity contribution >= 4 is 39.3 Å². The topological polar surface area (TPSA) is 104 Å². The molecule has 0 bridgehead atoms. The van der Waals surface area contributed by atoms with E-state index in [4.69, 9.17) is 0 Å². The molecule has 1 unspecified atom stereocenters. The van der Waals surface area contributed by atoms with Crippen molar-refractivity contribution in [3.8, 4) is 0 Å². The molecule has 2 aromatic carbocycles. The number of piperidine rings is 3. The first-order valence-corrected chi connectivity index (χ1v) is 19.0. The van der Waals surface area contributed by atoms with Crippen LogP contribution in [0.4, 0.5) is 5.69 Å². The van der Waals surface area contributed by atoms with Crippen LogP contribution in [0.2, 0.25) is 0 Å². The lowest BCUT2D eigenvalue weighted by Gasteiger charge is -2.46. The molecule has 3 aromatic rings. The van der Waals surface area contributed by atoms with Crippen LogP contribution in [0.1, 0.15) is 103 Å². The SMILES string of the molecule is CN1C[C@@H](Nc2ccn(C)c(=O)c2Br)C[C@@H](c2ccc(C(=O)N3CCC4(CCC(c5ccc(C6CCC(=O)NC6=O)cc5)CC4)CC3)cc2)C1. The standard InChI is InChI=1S/C40H48BrN5O4/c1-44-24-31(23-32(25-44)42-34-15-20-45(2)39(50)36(34)41)27-5-9-30(10-6-27)38(49)46-21-18-40(19-22-46)16-13-28(14-17-40)26-3-7-29(8-4-26)33-11-12-35(47)43-37(33)48/h3-10,15,20,28,31-33,42H,11-14,16-19,21-25H2,1-2H3,(H,43,47,48)/t31-,32+,33?/m1/s1. The average Bonchev–Trinajstić information content (AvgIpc) is 3.12. The lowest BCUT2D eigenvalue weighted by atomic mass is 9.64. The van der Waals surface area contributed by atoms with Crippen molar-refractivity contribution in [3.05, 3.63) is 97.9 Å². The van der Waals surface area contributed by atoms with Gasteiger partial charge in [-0.2, -0.15) is 0 Å². The fraction of sp³-hybridized carbons (Fsp3) is 0.500.